The van der Waals surface area contributed by atoms with Gasteiger partial charge in [0.2, 0.25) is 0 Å². The smallest absolute Gasteiger partial charge is 0.191 e. The van der Waals surface area contributed by atoms with E-state index in [1.165, 1.54) is 18.4 Å². The molecule has 2 N–H and O–H groups in total. The quantitative estimate of drug-likeness (QED) is 0.475. The zero-order valence-corrected chi connectivity index (χ0v) is 18.0. The Bertz CT molecular complexity index is 586. The van der Waals surface area contributed by atoms with Gasteiger partial charge in [-0.05, 0) is 70.3 Å². The molecular weight excluding hydrogens is 352 g/mol. The highest BCUT2D eigenvalue weighted by atomic mass is 16.5. The fraction of sp³-hybridized carbons (Fsp3) is 0.682. The number of hydrogen-bond acceptors (Lipinski definition) is 4. The Labute approximate surface area is 170 Å². The third-order valence-electron chi connectivity index (χ3n) is 5.05. The van der Waals surface area contributed by atoms with Crippen LogP contribution >= 0.6 is 0 Å². The molecule has 1 aliphatic heterocycles. The second-order valence-electron chi connectivity index (χ2n) is 7.62. The van der Waals surface area contributed by atoms with Crippen molar-refractivity contribution in [2.45, 2.75) is 39.7 Å². The monoisotopic (exact) mass is 390 g/mol. The molecule has 1 fully saturated rings. The van der Waals surface area contributed by atoms with Crippen molar-refractivity contribution in [3.8, 4) is 5.75 Å². The molecule has 1 aliphatic rings. The Hall–Kier alpha value is -1.79. The summed E-state index contributed by atoms with van der Waals surface area (Å²) in [5.41, 5.74) is 1.21. The SMILES string of the molecule is CCNC(=NCC(C)Oc1cccc(C)c1)NCC1CCN(CCOC)CC1. The van der Waals surface area contributed by atoms with Gasteiger partial charge in [-0.3, -0.25) is 0 Å². The van der Waals surface area contributed by atoms with Crippen LogP contribution in [0, 0.1) is 12.8 Å². The number of guanidine groups is 1. The van der Waals surface area contributed by atoms with Crippen LogP contribution in [0.2, 0.25) is 0 Å². The molecule has 0 spiro atoms. The first kappa shape index (κ1) is 22.5. The van der Waals surface area contributed by atoms with Crippen molar-refractivity contribution in [2.75, 3.05) is 53.0 Å². The fourth-order valence-corrected chi connectivity index (χ4v) is 3.40. The number of ether oxygens (including phenoxy) is 2. The van der Waals surface area contributed by atoms with Crippen LogP contribution in [-0.4, -0.2) is 69.9 Å². The summed E-state index contributed by atoms with van der Waals surface area (Å²) in [6, 6.07) is 8.15. The van der Waals surface area contributed by atoms with E-state index in [4.69, 9.17) is 14.5 Å². The van der Waals surface area contributed by atoms with E-state index in [1.807, 2.05) is 12.1 Å². The number of nitrogens with one attached hydrogen (secondary N) is 2. The number of likely N-dealkylation sites (tertiary alicyclic amines) is 1. The van der Waals surface area contributed by atoms with E-state index < -0.39 is 0 Å². The number of hydrogen-bond donors (Lipinski definition) is 2. The molecule has 2 rings (SSSR count). The predicted octanol–water partition coefficient (Wildman–Crippen LogP) is 2.68. The first-order chi connectivity index (χ1) is 13.6. The summed E-state index contributed by atoms with van der Waals surface area (Å²) < 4.78 is 11.2. The van der Waals surface area contributed by atoms with Gasteiger partial charge in [-0.2, -0.15) is 0 Å². The summed E-state index contributed by atoms with van der Waals surface area (Å²) in [7, 11) is 1.77. The lowest BCUT2D eigenvalue weighted by atomic mass is 9.97. The first-order valence-corrected chi connectivity index (χ1v) is 10.6. The third kappa shape index (κ3) is 8.48. The third-order valence-corrected chi connectivity index (χ3v) is 5.05. The molecule has 28 heavy (non-hydrogen) atoms. The minimum atomic E-state index is 0.0290. The minimum absolute atomic E-state index is 0.0290. The van der Waals surface area contributed by atoms with E-state index in [2.05, 4.69) is 48.4 Å². The summed E-state index contributed by atoms with van der Waals surface area (Å²) >= 11 is 0. The maximum Gasteiger partial charge on any atom is 0.191 e. The van der Waals surface area contributed by atoms with Gasteiger partial charge in [0.15, 0.2) is 5.96 Å². The van der Waals surface area contributed by atoms with Gasteiger partial charge in [-0.1, -0.05) is 12.1 Å². The zero-order valence-electron chi connectivity index (χ0n) is 18.0. The molecular formula is C22H38N4O2. The van der Waals surface area contributed by atoms with Gasteiger partial charge in [0.05, 0.1) is 13.2 Å². The van der Waals surface area contributed by atoms with Crippen LogP contribution in [0.4, 0.5) is 0 Å². The molecule has 1 aromatic rings. The molecule has 1 saturated heterocycles. The van der Waals surface area contributed by atoms with Gasteiger partial charge in [0, 0.05) is 26.7 Å². The number of piperidine rings is 1. The van der Waals surface area contributed by atoms with Gasteiger partial charge in [-0.25, -0.2) is 4.99 Å². The summed E-state index contributed by atoms with van der Waals surface area (Å²) in [6.45, 7) is 12.9. The number of benzene rings is 1. The normalized spacial score (nSPS) is 17.4. The Morgan fingerprint density at radius 1 is 1.29 bits per heavy atom. The maximum absolute atomic E-state index is 5.98. The van der Waals surface area contributed by atoms with Crippen LogP contribution in [-0.2, 0) is 4.74 Å². The Balaban J connectivity index is 1.74. The van der Waals surface area contributed by atoms with Gasteiger partial charge in [-0.15, -0.1) is 0 Å². The molecule has 0 saturated carbocycles. The molecule has 0 aromatic heterocycles. The zero-order chi connectivity index (χ0) is 20.2. The van der Waals surface area contributed by atoms with Crippen LogP contribution < -0.4 is 15.4 Å². The van der Waals surface area contributed by atoms with Crippen molar-refractivity contribution in [1.82, 2.24) is 15.5 Å². The molecule has 1 heterocycles. The van der Waals surface area contributed by atoms with Crippen LogP contribution in [0.3, 0.4) is 0 Å². The highest BCUT2D eigenvalue weighted by molar-refractivity contribution is 5.79. The van der Waals surface area contributed by atoms with Crippen molar-refractivity contribution in [3.63, 3.8) is 0 Å². The molecule has 0 aliphatic carbocycles. The van der Waals surface area contributed by atoms with Crippen molar-refractivity contribution in [1.29, 1.82) is 0 Å². The largest absolute Gasteiger partial charge is 0.489 e. The van der Waals surface area contributed by atoms with E-state index in [9.17, 15) is 0 Å². The number of aryl methyl sites for hydroxylation is 1. The van der Waals surface area contributed by atoms with Crippen molar-refractivity contribution < 1.29 is 9.47 Å². The maximum atomic E-state index is 5.98. The molecule has 0 bridgehead atoms. The highest BCUT2D eigenvalue weighted by Gasteiger charge is 2.19. The van der Waals surface area contributed by atoms with Crippen LogP contribution in [0.5, 0.6) is 5.75 Å². The molecule has 1 atom stereocenters. The lowest BCUT2D eigenvalue weighted by molar-refractivity contribution is 0.121. The molecule has 6 heteroatoms. The Morgan fingerprint density at radius 3 is 2.75 bits per heavy atom. The van der Waals surface area contributed by atoms with Gasteiger partial charge in [0.1, 0.15) is 11.9 Å². The van der Waals surface area contributed by atoms with Gasteiger partial charge < -0.3 is 25.0 Å². The molecule has 158 valence electrons. The molecule has 1 unspecified atom stereocenters. The van der Waals surface area contributed by atoms with Crippen LogP contribution in [0.1, 0.15) is 32.3 Å². The van der Waals surface area contributed by atoms with Crippen molar-refractivity contribution in [2.24, 2.45) is 10.9 Å². The average molecular weight is 391 g/mol. The topological polar surface area (TPSA) is 58.1 Å². The second kappa shape index (κ2) is 12.6. The Morgan fingerprint density at radius 2 is 2.07 bits per heavy atom. The molecule has 0 radical (unpaired) electrons. The number of rotatable bonds is 10. The summed E-state index contributed by atoms with van der Waals surface area (Å²) in [5, 5.41) is 6.86. The van der Waals surface area contributed by atoms with E-state index in [0.717, 1.165) is 51.0 Å². The van der Waals surface area contributed by atoms with Gasteiger partial charge in [0.25, 0.3) is 0 Å². The minimum Gasteiger partial charge on any atom is -0.489 e. The van der Waals surface area contributed by atoms with E-state index in [0.29, 0.717) is 12.5 Å². The Kier molecular flexibility index (Phi) is 10.1. The second-order valence-corrected chi connectivity index (χ2v) is 7.62. The van der Waals surface area contributed by atoms with E-state index in [-0.39, 0.29) is 6.10 Å². The molecule has 6 nitrogen and oxygen atoms in total. The fourth-order valence-electron chi connectivity index (χ4n) is 3.40. The number of aliphatic imine (C=N–C) groups is 1. The van der Waals surface area contributed by atoms with Crippen LogP contribution in [0.15, 0.2) is 29.3 Å². The summed E-state index contributed by atoms with van der Waals surface area (Å²) in [4.78, 5) is 7.20. The number of methoxy groups -OCH3 is 1. The summed E-state index contributed by atoms with van der Waals surface area (Å²) in [5.74, 6) is 2.48. The number of nitrogens with zero attached hydrogens (tertiary/aromatic N) is 2. The predicted molar refractivity (Wildman–Crippen MR) is 116 cm³/mol. The van der Waals surface area contributed by atoms with E-state index in [1.54, 1.807) is 7.11 Å². The summed E-state index contributed by atoms with van der Waals surface area (Å²) in [6.07, 6.45) is 2.48. The van der Waals surface area contributed by atoms with Crippen molar-refractivity contribution >= 4 is 5.96 Å². The molecule has 0 amide bonds. The lowest BCUT2D eigenvalue weighted by Gasteiger charge is -2.32. The average Bonchev–Trinajstić information content (AvgIpc) is 2.69. The van der Waals surface area contributed by atoms with Crippen molar-refractivity contribution in [3.05, 3.63) is 29.8 Å². The van der Waals surface area contributed by atoms with E-state index >= 15 is 0 Å². The van der Waals surface area contributed by atoms with Crippen LogP contribution in [0.25, 0.3) is 0 Å². The first-order valence-electron chi connectivity index (χ1n) is 10.6. The molecule has 1 aromatic carbocycles. The highest BCUT2D eigenvalue weighted by Crippen LogP contribution is 2.16. The standard InChI is InChI=1S/C22H38N4O2/c1-5-23-22(24-16-19(3)28-21-8-6-7-18(2)15-21)25-17-20-9-11-26(12-10-20)13-14-27-4/h6-8,15,19-20H,5,9-14,16-17H2,1-4H3,(H2,23,24,25). The van der Waals surface area contributed by atoms with Gasteiger partial charge >= 0.3 is 0 Å². The lowest BCUT2D eigenvalue weighted by Crippen LogP contribution is -2.43.